The van der Waals surface area contributed by atoms with Gasteiger partial charge in [-0.1, -0.05) is 30.3 Å². The molecule has 0 aliphatic carbocycles. The number of hydrogen-bond donors (Lipinski definition) is 1. The summed E-state index contributed by atoms with van der Waals surface area (Å²) in [5.74, 6) is 0.375. The van der Waals surface area contributed by atoms with E-state index in [-0.39, 0.29) is 4.88 Å². The molecule has 0 saturated carbocycles. The van der Waals surface area contributed by atoms with E-state index in [1.165, 1.54) is 16.9 Å². The van der Waals surface area contributed by atoms with Crippen LogP contribution in [-0.4, -0.2) is 29.3 Å². The highest BCUT2D eigenvalue weighted by Crippen LogP contribution is 2.35. The molecule has 0 radical (unpaired) electrons. The van der Waals surface area contributed by atoms with Gasteiger partial charge in [0.1, 0.15) is 9.88 Å². The summed E-state index contributed by atoms with van der Waals surface area (Å²) in [6, 6.07) is 15.9. The molecule has 0 unspecified atom stereocenters. The minimum Gasteiger partial charge on any atom is -0.490 e. The Balaban J connectivity index is 1.70. The highest BCUT2D eigenvalue weighted by molar-refractivity contribution is 7.17. The van der Waals surface area contributed by atoms with Gasteiger partial charge < -0.3 is 14.6 Å². The van der Waals surface area contributed by atoms with Crippen LogP contribution < -0.4 is 9.47 Å². The summed E-state index contributed by atoms with van der Waals surface area (Å²) in [5, 5.41) is 9.90. The summed E-state index contributed by atoms with van der Waals surface area (Å²) >= 11 is 1.17. The summed E-state index contributed by atoms with van der Waals surface area (Å²) in [7, 11) is 0. The number of thiazole rings is 1. The number of aryl methyl sites for hydroxylation is 2. The molecule has 0 aliphatic rings. The Morgan fingerprint density at radius 3 is 2.57 bits per heavy atom. The first-order valence-corrected chi connectivity index (χ1v) is 10.0. The van der Waals surface area contributed by atoms with Gasteiger partial charge in [0.05, 0.1) is 18.9 Å². The van der Waals surface area contributed by atoms with Crippen LogP contribution in [0.5, 0.6) is 11.5 Å². The molecule has 28 heavy (non-hydrogen) atoms. The van der Waals surface area contributed by atoms with E-state index in [2.05, 4.69) is 17.1 Å². The molecule has 0 amide bonds. The van der Waals surface area contributed by atoms with Gasteiger partial charge in [-0.15, -0.1) is 11.3 Å². The largest absolute Gasteiger partial charge is 0.490 e. The van der Waals surface area contributed by atoms with Gasteiger partial charge >= 0.3 is 5.97 Å². The normalized spacial score (nSPS) is 10.6. The van der Waals surface area contributed by atoms with Gasteiger partial charge in [-0.05, 0) is 50.5 Å². The van der Waals surface area contributed by atoms with Crippen molar-refractivity contribution in [3.05, 3.63) is 64.7 Å². The Morgan fingerprint density at radius 1 is 1.11 bits per heavy atom. The second-order valence-electron chi connectivity index (χ2n) is 6.27. The molecule has 1 heterocycles. The van der Waals surface area contributed by atoms with Crippen LogP contribution in [-0.2, 0) is 6.42 Å². The second-order valence-corrected chi connectivity index (χ2v) is 7.27. The average Bonchev–Trinajstić information content (AvgIpc) is 3.09. The fraction of sp³-hybridized carbons (Fsp3) is 0.273. The third kappa shape index (κ3) is 4.89. The fourth-order valence-electron chi connectivity index (χ4n) is 2.85. The third-order valence-corrected chi connectivity index (χ3v) is 5.39. The second kappa shape index (κ2) is 9.37. The van der Waals surface area contributed by atoms with E-state index < -0.39 is 5.97 Å². The SMILES string of the molecule is CCOc1cc(-c2nc(C)c(C(=O)O)s2)ccc1OCCCc1ccccc1. The number of ether oxygens (including phenoxy) is 2. The highest BCUT2D eigenvalue weighted by atomic mass is 32.1. The molecule has 2 aromatic carbocycles. The van der Waals surface area contributed by atoms with E-state index in [0.29, 0.717) is 35.4 Å². The summed E-state index contributed by atoms with van der Waals surface area (Å²) in [4.78, 5) is 15.9. The number of carbonyl (C=O) groups is 1. The van der Waals surface area contributed by atoms with Crippen LogP contribution in [0, 0.1) is 6.92 Å². The molecule has 5 nitrogen and oxygen atoms in total. The van der Waals surface area contributed by atoms with Gasteiger partial charge in [0.25, 0.3) is 0 Å². The topological polar surface area (TPSA) is 68.7 Å². The number of nitrogens with zero attached hydrogens (tertiary/aromatic N) is 1. The van der Waals surface area contributed by atoms with E-state index in [9.17, 15) is 9.90 Å². The summed E-state index contributed by atoms with van der Waals surface area (Å²) < 4.78 is 11.7. The summed E-state index contributed by atoms with van der Waals surface area (Å²) in [5.41, 5.74) is 2.63. The molecule has 0 spiro atoms. The van der Waals surface area contributed by atoms with E-state index in [0.717, 1.165) is 18.4 Å². The van der Waals surface area contributed by atoms with Crippen LogP contribution in [0.4, 0.5) is 0 Å². The lowest BCUT2D eigenvalue weighted by atomic mass is 10.1. The summed E-state index contributed by atoms with van der Waals surface area (Å²) in [6.45, 7) is 4.73. The van der Waals surface area contributed by atoms with Gasteiger partial charge in [-0.25, -0.2) is 9.78 Å². The molecule has 1 aromatic heterocycles. The minimum absolute atomic E-state index is 0.259. The molecule has 1 N–H and O–H groups in total. The lowest BCUT2D eigenvalue weighted by Gasteiger charge is -2.13. The van der Waals surface area contributed by atoms with Crippen molar-refractivity contribution in [1.82, 2.24) is 4.98 Å². The maximum atomic E-state index is 11.3. The molecule has 3 aromatic rings. The molecule has 0 aliphatic heterocycles. The van der Waals surface area contributed by atoms with Gasteiger partial charge in [-0.2, -0.15) is 0 Å². The molecule has 0 atom stereocenters. The van der Waals surface area contributed by atoms with Crippen LogP contribution >= 0.6 is 11.3 Å². The number of rotatable bonds is 9. The van der Waals surface area contributed by atoms with Gasteiger partial charge in [-0.3, -0.25) is 0 Å². The Kier molecular flexibility index (Phi) is 6.66. The zero-order valence-corrected chi connectivity index (χ0v) is 16.8. The smallest absolute Gasteiger partial charge is 0.347 e. The first-order chi connectivity index (χ1) is 13.6. The maximum Gasteiger partial charge on any atom is 0.347 e. The van der Waals surface area contributed by atoms with E-state index in [1.807, 2.05) is 43.3 Å². The molecule has 0 fully saturated rings. The minimum atomic E-state index is -0.954. The van der Waals surface area contributed by atoms with Crippen molar-refractivity contribution in [3.63, 3.8) is 0 Å². The Bertz CT molecular complexity index is 937. The van der Waals surface area contributed by atoms with Crippen LogP contribution in [0.3, 0.4) is 0 Å². The van der Waals surface area contributed by atoms with Crippen molar-refractivity contribution in [1.29, 1.82) is 0 Å². The van der Waals surface area contributed by atoms with Gasteiger partial charge in [0.2, 0.25) is 0 Å². The monoisotopic (exact) mass is 397 g/mol. The maximum absolute atomic E-state index is 11.3. The average molecular weight is 397 g/mol. The molecule has 146 valence electrons. The molecule has 6 heteroatoms. The van der Waals surface area contributed by atoms with E-state index in [1.54, 1.807) is 6.92 Å². The zero-order chi connectivity index (χ0) is 19.9. The molecule has 0 bridgehead atoms. The predicted molar refractivity (Wildman–Crippen MR) is 111 cm³/mol. The van der Waals surface area contributed by atoms with Crippen LogP contribution in [0.1, 0.15) is 34.3 Å². The third-order valence-electron chi connectivity index (χ3n) is 4.19. The van der Waals surface area contributed by atoms with Crippen LogP contribution in [0.2, 0.25) is 0 Å². The number of aromatic nitrogens is 1. The number of hydrogen-bond acceptors (Lipinski definition) is 5. The van der Waals surface area contributed by atoms with Crippen molar-refractivity contribution in [2.45, 2.75) is 26.7 Å². The fourth-order valence-corrected chi connectivity index (χ4v) is 3.75. The Morgan fingerprint density at radius 2 is 1.89 bits per heavy atom. The number of aromatic carboxylic acids is 1. The van der Waals surface area contributed by atoms with Crippen LogP contribution in [0.15, 0.2) is 48.5 Å². The first kappa shape index (κ1) is 19.9. The van der Waals surface area contributed by atoms with Crippen LogP contribution in [0.25, 0.3) is 10.6 Å². The lowest BCUT2D eigenvalue weighted by Crippen LogP contribution is -2.02. The van der Waals surface area contributed by atoms with Crippen molar-refractivity contribution < 1.29 is 19.4 Å². The van der Waals surface area contributed by atoms with Gasteiger partial charge in [0, 0.05) is 5.56 Å². The molecule has 0 saturated heterocycles. The van der Waals surface area contributed by atoms with Crippen molar-refractivity contribution >= 4 is 17.3 Å². The van der Waals surface area contributed by atoms with Crippen molar-refractivity contribution in [3.8, 4) is 22.1 Å². The molecular weight excluding hydrogens is 374 g/mol. The Hall–Kier alpha value is -2.86. The number of carboxylic acids is 1. The number of carboxylic acid groups (broad SMARTS) is 1. The van der Waals surface area contributed by atoms with E-state index >= 15 is 0 Å². The molecular formula is C22H23NO4S. The van der Waals surface area contributed by atoms with Crippen molar-refractivity contribution in [2.24, 2.45) is 0 Å². The van der Waals surface area contributed by atoms with Gasteiger partial charge in [0.15, 0.2) is 11.5 Å². The van der Waals surface area contributed by atoms with Crippen molar-refractivity contribution in [2.75, 3.05) is 13.2 Å². The summed E-state index contributed by atoms with van der Waals surface area (Å²) in [6.07, 6.45) is 1.87. The zero-order valence-electron chi connectivity index (χ0n) is 16.0. The first-order valence-electron chi connectivity index (χ1n) is 9.23. The number of benzene rings is 2. The standard InChI is InChI=1S/C22H23NO4S/c1-3-26-19-14-17(21-23-15(2)20(28-21)22(24)25)11-12-18(19)27-13-7-10-16-8-5-4-6-9-16/h4-6,8-9,11-12,14H,3,7,10,13H2,1-2H3,(H,24,25). The predicted octanol–water partition coefficient (Wildman–Crippen LogP) is 5.23. The quantitative estimate of drug-likeness (QED) is 0.501. The molecule has 3 rings (SSSR count). The van der Waals surface area contributed by atoms with E-state index in [4.69, 9.17) is 9.47 Å². The lowest BCUT2D eigenvalue weighted by molar-refractivity contribution is 0.0701. The highest BCUT2D eigenvalue weighted by Gasteiger charge is 2.16. The Labute approximate surface area is 168 Å².